The fourth-order valence-corrected chi connectivity index (χ4v) is 3.95. The molecule has 1 saturated carbocycles. The van der Waals surface area contributed by atoms with Gasteiger partial charge in [0.05, 0.1) is 15.6 Å². The van der Waals surface area contributed by atoms with Gasteiger partial charge in [-0.2, -0.15) is 0 Å². The lowest BCUT2D eigenvalue weighted by Crippen LogP contribution is -2.12. The lowest BCUT2D eigenvalue weighted by Gasteiger charge is -2.18. The van der Waals surface area contributed by atoms with Crippen molar-refractivity contribution in [3.63, 3.8) is 0 Å². The summed E-state index contributed by atoms with van der Waals surface area (Å²) in [5.74, 6) is 0.919. The van der Waals surface area contributed by atoms with Gasteiger partial charge in [0.1, 0.15) is 5.78 Å². The van der Waals surface area contributed by atoms with Crippen LogP contribution in [0.4, 0.5) is 0 Å². The molecule has 88 valence electrons. The van der Waals surface area contributed by atoms with Crippen molar-refractivity contribution in [3.05, 3.63) is 27.9 Å². The van der Waals surface area contributed by atoms with E-state index in [0.717, 1.165) is 31.4 Å². The van der Waals surface area contributed by atoms with E-state index in [1.165, 1.54) is 9.88 Å². The van der Waals surface area contributed by atoms with E-state index >= 15 is 0 Å². The predicted octanol–water partition coefficient (Wildman–Crippen LogP) is 4.10. The zero-order valence-electron chi connectivity index (χ0n) is 9.39. The van der Waals surface area contributed by atoms with E-state index in [1.807, 2.05) is 0 Å². The van der Waals surface area contributed by atoms with E-state index in [0.29, 0.717) is 11.7 Å². The SMILES string of the molecule is O=C1CCC(c2nc(-c3cccs3)cs2)CC1. The highest BCUT2D eigenvalue weighted by Gasteiger charge is 2.22. The Morgan fingerprint density at radius 2 is 2.06 bits per heavy atom. The summed E-state index contributed by atoms with van der Waals surface area (Å²) in [5, 5.41) is 5.42. The van der Waals surface area contributed by atoms with Crippen LogP contribution in [0.25, 0.3) is 10.6 Å². The molecule has 0 aliphatic heterocycles. The number of nitrogens with zero attached hydrogens (tertiary/aromatic N) is 1. The lowest BCUT2D eigenvalue weighted by molar-refractivity contribution is -0.120. The second-order valence-electron chi connectivity index (χ2n) is 4.36. The quantitative estimate of drug-likeness (QED) is 0.816. The second kappa shape index (κ2) is 4.70. The third kappa shape index (κ3) is 2.33. The van der Waals surface area contributed by atoms with Crippen LogP contribution in [0.3, 0.4) is 0 Å². The van der Waals surface area contributed by atoms with Crippen molar-refractivity contribution in [1.82, 2.24) is 4.98 Å². The molecule has 2 aromatic rings. The fraction of sp³-hybridized carbons (Fsp3) is 0.385. The zero-order valence-corrected chi connectivity index (χ0v) is 11.0. The number of hydrogen-bond donors (Lipinski definition) is 0. The van der Waals surface area contributed by atoms with Gasteiger partial charge >= 0.3 is 0 Å². The Morgan fingerprint density at radius 3 is 2.76 bits per heavy atom. The van der Waals surface area contributed by atoms with Gasteiger partial charge < -0.3 is 0 Å². The molecule has 0 bridgehead atoms. The monoisotopic (exact) mass is 263 g/mol. The topological polar surface area (TPSA) is 30.0 Å². The predicted molar refractivity (Wildman–Crippen MR) is 71.6 cm³/mol. The number of ketones is 1. The van der Waals surface area contributed by atoms with Gasteiger partial charge in [0.25, 0.3) is 0 Å². The van der Waals surface area contributed by atoms with Gasteiger partial charge in [-0.25, -0.2) is 4.98 Å². The van der Waals surface area contributed by atoms with Crippen LogP contribution in [0.15, 0.2) is 22.9 Å². The lowest BCUT2D eigenvalue weighted by atomic mass is 9.89. The molecule has 0 radical (unpaired) electrons. The van der Waals surface area contributed by atoms with Crippen LogP contribution in [-0.2, 0) is 4.79 Å². The van der Waals surface area contributed by atoms with E-state index in [9.17, 15) is 4.79 Å². The Morgan fingerprint density at radius 1 is 1.24 bits per heavy atom. The maximum Gasteiger partial charge on any atom is 0.132 e. The number of carbonyl (C=O) groups excluding carboxylic acids is 1. The van der Waals surface area contributed by atoms with Gasteiger partial charge in [0.15, 0.2) is 0 Å². The Bertz CT molecular complexity index is 505. The van der Waals surface area contributed by atoms with E-state index < -0.39 is 0 Å². The number of thiophene rings is 1. The number of Topliss-reactive ketones (excluding diaryl/α,β-unsaturated/α-hetero) is 1. The summed E-state index contributed by atoms with van der Waals surface area (Å²) >= 11 is 3.47. The highest BCUT2D eigenvalue weighted by molar-refractivity contribution is 7.14. The molecule has 0 amide bonds. The molecule has 0 unspecified atom stereocenters. The minimum Gasteiger partial charge on any atom is -0.300 e. The maximum absolute atomic E-state index is 11.2. The smallest absolute Gasteiger partial charge is 0.132 e. The standard InChI is InChI=1S/C13H13NOS2/c15-10-5-3-9(4-6-10)13-14-11(8-17-13)12-2-1-7-16-12/h1-2,7-9H,3-6H2. The largest absolute Gasteiger partial charge is 0.300 e. The van der Waals surface area contributed by atoms with Crippen molar-refractivity contribution in [1.29, 1.82) is 0 Å². The normalized spacial score (nSPS) is 17.5. The van der Waals surface area contributed by atoms with Crippen LogP contribution in [0.2, 0.25) is 0 Å². The van der Waals surface area contributed by atoms with E-state index in [1.54, 1.807) is 22.7 Å². The van der Waals surface area contributed by atoms with Crippen molar-refractivity contribution in [3.8, 4) is 10.6 Å². The zero-order chi connectivity index (χ0) is 11.7. The van der Waals surface area contributed by atoms with Crippen LogP contribution < -0.4 is 0 Å². The van der Waals surface area contributed by atoms with Crippen molar-refractivity contribution in [2.24, 2.45) is 0 Å². The summed E-state index contributed by atoms with van der Waals surface area (Å²) in [6.07, 6.45) is 3.43. The molecule has 0 aromatic carbocycles. The molecule has 0 N–H and O–H groups in total. The van der Waals surface area contributed by atoms with Crippen LogP contribution in [-0.4, -0.2) is 10.8 Å². The van der Waals surface area contributed by atoms with Crippen molar-refractivity contribution in [2.75, 3.05) is 0 Å². The fourth-order valence-electron chi connectivity index (χ4n) is 2.20. The molecule has 0 spiro atoms. The minimum atomic E-state index is 0.413. The summed E-state index contributed by atoms with van der Waals surface area (Å²) in [5.41, 5.74) is 1.09. The third-order valence-electron chi connectivity index (χ3n) is 3.19. The number of rotatable bonds is 2. The molecule has 1 aliphatic carbocycles. The highest BCUT2D eigenvalue weighted by Crippen LogP contribution is 2.35. The molecule has 4 heteroatoms. The van der Waals surface area contributed by atoms with Crippen molar-refractivity contribution in [2.45, 2.75) is 31.6 Å². The summed E-state index contributed by atoms with van der Waals surface area (Å²) in [6.45, 7) is 0. The van der Waals surface area contributed by atoms with Crippen molar-refractivity contribution >= 4 is 28.5 Å². The van der Waals surface area contributed by atoms with Crippen LogP contribution >= 0.6 is 22.7 Å². The molecule has 1 aliphatic rings. The Balaban J connectivity index is 1.79. The Kier molecular flexibility index (Phi) is 3.07. The van der Waals surface area contributed by atoms with E-state index in [4.69, 9.17) is 4.98 Å². The van der Waals surface area contributed by atoms with Crippen molar-refractivity contribution < 1.29 is 4.79 Å². The molecule has 2 aromatic heterocycles. The molecule has 1 fully saturated rings. The summed E-state index contributed by atoms with van der Waals surface area (Å²) in [4.78, 5) is 17.2. The average molecular weight is 263 g/mol. The Labute approximate surface area is 108 Å². The average Bonchev–Trinajstić information content (AvgIpc) is 3.00. The van der Waals surface area contributed by atoms with Gasteiger partial charge in [0.2, 0.25) is 0 Å². The summed E-state index contributed by atoms with van der Waals surface area (Å²) in [6, 6.07) is 4.16. The minimum absolute atomic E-state index is 0.413. The summed E-state index contributed by atoms with van der Waals surface area (Å²) in [7, 11) is 0. The van der Waals surface area contributed by atoms with Gasteiger partial charge in [-0.1, -0.05) is 6.07 Å². The number of hydrogen-bond acceptors (Lipinski definition) is 4. The second-order valence-corrected chi connectivity index (χ2v) is 6.20. The molecule has 17 heavy (non-hydrogen) atoms. The van der Waals surface area contributed by atoms with Gasteiger partial charge in [-0.15, -0.1) is 22.7 Å². The molecular formula is C13H13NOS2. The van der Waals surface area contributed by atoms with Crippen LogP contribution in [0.1, 0.15) is 36.6 Å². The van der Waals surface area contributed by atoms with Gasteiger partial charge in [-0.3, -0.25) is 4.79 Å². The maximum atomic E-state index is 11.2. The molecule has 2 nitrogen and oxygen atoms in total. The first-order valence-electron chi connectivity index (χ1n) is 5.84. The van der Waals surface area contributed by atoms with E-state index in [2.05, 4.69) is 22.9 Å². The van der Waals surface area contributed by atoms with Gasteiger partial charge in [-0.05, 0) is 24.3 Å². The molecule has 2 heterocycles. The molecule has 0 atom stereocenters. The molecule has 3 rings (SSSR count). The van der Waals surface area contributed by atoms with E-state index in [-0.39, 0.29) is 0 Å². The Hall–Kier alpha value is -1.00. The first-order valence-corrected chi connectivity index (χ1v) is 7.60. The first-order chi connectivity index (χ1) is 8.33. The summed E-state index contributed by atoms with van der Waals surface area (Å²) < 4.78 is 0. The molecular weight excluding hydrogens is 250 g/mol. The van der Waals surface area contributed by atoms with Gasteiger partial charge in [0, 0.05) is 24.1 Å². The third-order valence-corrected chi connectivity index (χ3v) is 5.09. The first kappa shape index (κ1) is 11.1. The number of aromatic nitrogens is 1. The highest BCUT2D eigenvalue weighted by atomic mass is 32.1. The molecule has 0 saturated heterocycles. The van der Waals surface area contributed by atoms with Crippen LogP contribution in [0.5, 0.6) is 0 Å². The number of thiazole rings is 1. The number of carbonyl (C=O) groups is 1. The van der Waals surface area contributed by atoms with Crippen LogP contribution in [0, 0.1) is 0 Å².